The Labute approximate surface area is 112 Å². The van der Waals surface area contributed by atoms with E-state index in [-0.39, 0.29) is 17.4 Å². The first-order valence-corrected chi connectivity index (χ1v) is 6.87. The van der Waals surface area contributed by atoms with Crippen molar-refractivity contribution < 1.29 is 9.53 Å². The molecule has 1 saturated heterocycles. The van der Waals surface area contributed by atoms with Crippen LogP contribution >= 0.6 is 0 Å². The minimum atomic E-state index is -0.108. The molecule has 2 aliphatic rings. The fourth-order valence-corrected chi connectivity index (χ4v) is 3.04. The van der Waals surface area contributed by atoms with E-state index in [1.807, 2.05) is 6.92 Å². The van der Waals surface area contributed by atoms with Gasteiger partial charge in [0.05, 0.1) is 11.9 Å². The molecule has 1 saturated carbocycles. The maximum atomic E-state index is 12.1. The van der Waals surface area contributed by atoms with Crippen molar-refractivity contribution >= 4 is 5.91 Å². The summed E-state index contributed by atoms with van der Waals surface area (Å²) in [5.41, 5.74) is 1.49. The molecule has 0 radical (unpaired) electrons. The van der Waals surface area contributed by atoms with E-state index in [9.17, 15) is 4.79 Å². The quantitative estimate of drug-likeness (QED) is 0.875. The highest BCUT2D eigenvalue weighted by atomic mass is 16.5. The molecule has 1 N–H and O–H groups in total. The lowest BCUT2D eigenvalue weighted by Gasteiger charge is -2.52. The van der Waals surface area contributed by atoms with Crippen molar-refractivity contribution in [2.24, 2.45) is 5.41 Å². The smallest absolute Gasteiger partial charge is 0.271 e. The Morgan fingerprint density at radius 2 is 2.11 bits per heavy atom. The van der Waals surface area contributed by atoms with Gasteiger partial charge in [-0.1, -0.05) is 0 Å². The molecule has 1 aromatic rings. The average Bonchev–Trinajstić information content (AvgIpc) is 2.45. The molecule has 0 aromatic carbocycles. The minimum Gasteiger partial charge on any atom is -0.381 e. The van der Waals surface area contributed by atoms with Crippen LogP contribution in [0, 0.1) is 12.3 Å². The molecule has 19 heavy (non-hydrogen) atoms. The summed E-state index contributed by atoms with van der Waals surface area (Å²) in [5, 5.41) is 3.12. The van der Waals surface area contributed by atoms with E-state index in [4.69, 9.17) is 4.74 Å². The van der Waals surface area contributed by atoms with Crippen LogP contribution in [0.2, 0.25) is 0 Å². The molecule has 1 unspecified atom stereocenters. The largest absolute Gasteiger partial charge is 0.381 e. The van der Waals surface area contributed by atoms with Crippen molar-refractivity contribution in [1.82, 2.24) is 15.3 Å². The summed E-state index contributed by atoms with van der Waals surface area (Å²) in [6.07, 6.45) is 7.53. The lowest BCUT2D eigenvalue weighted by molar-refractivity contribution is -0.0523. The molecule has 3 rings (SSSR count). The maximum Gasteiger partial charge on any atom is 0.271 e. The van der Waals surface area contributed by atoms with Gasteiger partial charge < -0.3 is 10.1 Å². The van der Waals surface area contributed by atoms with Crippen LogP contribution in [0.1, 0.15) is 41.9 Å². The molecule has 1 atom stereocenters. The zero-order chi connectivity index (χ0) is 13.3. The van der Waals surface area contributed by atoms with Crippen molar-refractivity contribution in [3.05, 3.63) is 23.8 Å². The first kappa shape index (κ1) is 12.5. The number of ether oxygens (including phenoxy) is 1. The Hall–Kier alpha value is -1.49. The normalized spacial score (nSPS) is 24.8. The van der Waals surface area contributed by atoms with Crippen molar-refractivity contribution in [3.8, 4) is 0 Å². The molecule has 1 aromatic heterocycles. The Morgan fingerprint density at radius 1 is 1.32 bits per heavy atom. The lowest BCUT2D eigenvalue weighted by atomic mass is 9.60. The second-order valence-electron chi connectivity index (χ2n) is 5.58. The van der Waals surface area contributed by atoms with Gasteiger partial charge in [0.2, 0.25) is 0 Å². The van der Waals surface area contributed by atoms with Gasteiger partial charge in [-0.3, -0.25) is 9.78 Å². The molecule has 2 fully saturated rings. The number of amides is 1. The van der Waals surface area contributed by atoms with Gasteiger partial charge in [0.15, 0.2) is 0 Å². The standard InChI is InChI=1S/C14H19N3O2/c1-10-8-16-11(9-15-10)13(18)17-12-2-3-14(12)4-6-19-7-5-14/h8-9,12H,2-7H2,1H3,(H,17,18). The third-order valence-corrected chi connectivity index (χ3v) is 4.48. The number of hydrogen-bond acceptors (Lipinski definition) is 4. The summed E-state index contributed by atoms with van der Waals surface area (Å²) in [5.74, 6) is -0.108. The number of aryl methyl sites for hydroxylation is 1. The highest BCUT2D eigenvalue weighted by Gasteiger charge is 2.48. The Balaban J connectivity index is 1.65. The SMILES string of the molecule is Cc1cnc(C(=O)NC2CCC23CCOCC3)cn1. The van der Waals surface area contributed by atoms with E-state index in [2.05, 4.69) is 15.3 Å². The van der Waals surface area contributed by atoms with E-state index in [0.717, 1.165) is 38.2 Å². The van der Waals surface area contributed by atoms with Crippen molar-refractivity contribution in [1.29, 1.82) is 0 Å². The average molecular weight is 261 g/mol. The molecule has 5 heteroatoms. The molecule has 2 heterocycles. The van der Waals surface area contributed by atoms with Crippen LogP contribution in [-0.2, 0) is 4.74 Å². The van der Waals surface area contributed by atoms with E-state index in [1.165, 1.54) is 6.42 Å². The minimum absolute atomic E-state index is 0.108. The van der Waals surface area contributed by atoms with Gasteiger partial charge in [-0.15, -0.1) is 0 Å². The fourth-order valence-electron chi connectivity index (χ4n) is 3.04. The molecule has 0 bridgehead atoms. The van der Waals surface area contributed by atoms with Crippen molar-refractivity contribution in [3.63, 3.8) is 0 Å². The van der Waals surface area contributed by atoms with Crippen LogP contribution < -0.4 is 5.32 Å². The monoisotopic (exact) mass is 261 g/mol. The first-order chi connectivity index (χ1) is 9.20. The third-order valence-electron chi connectivity index (χ3n) is 4.48. The highest BCUT2D eigenvalue weighted by Crippen LogP contribution is 2.48. The van der Waals surface area contributed by atoms with Gasteiger partial charge in [0.25, 0.3) is 5.91 Å². The van der Waals surface area contributed by atoms with Gasteiger partial charge in [-0.05, 0) is 38.0 Å². The summed E-state index contributed by atoms with van der Waals surface area (Å²) in [6, 6.07) is 0.270. The second kappa shape index (κ2) is 4.89. The van der Waals surface area contributed by atoms with Crippen molar-refractivity contribution in [2.45, 2.75) is 38.6 Å². The van der Waals surface area contributed by atoms with Gasteiger partial charge in [0, 0.05) is 25.5 Å². The molecular weight excluding hydrogens is 242 g/mol. The van der Waals surface area contributed by atoms with Crippen LogP contribution in [0.3, 0.4) is 0 Å². The Morgan fingerprint density at radius 3 is 2.68 bits per heavy atom. The molecular formula is C14H19N3O2. The maximum absolute atomic E-state index is 12.1. The third kappa shape index (κ3) is 2.34. The molecule has 1 spiro atoms. The van der Waals surface area contributed by atoms with Gasteiger partial charge in [0.1, 0.15) is 5.69 Å². The first-order valence-electron chi connectivity index (χ1n) is 6.87. The topological polar surface area (TPSA) is 64.1 Å². The number of aromatic nitrogens is 2. The fraction of sp³-hybridized carbons (Fsp3) is 0.643. The number of nitrogens with one attached hydrogen (secondary N) is 1. The van der Waals surface area contributed by atoms with E-state index < -0.39 is 0 Å². The zero-order valence-corrected chi connectivity index (χ0v) is 11.2. The van der Waals surface area contributed by atoms with Crippen LogP contribution in [-0.4, -0.2) is 35.1 Å². The summed E-state index contributed by atoms with van der Waals surface area (Å²) in [7, 11) is 0. The summed E-state index contributed by atoms with van der Waals surface area (Å²) >= 11 is 0. The van der Waals surface area contributed by atoms with E-state index in [1.54, 1.807) is 12.4 Å². The predicted molar refractivity (Wildman–Crippen MR) is 69.7 cm³/mol. The summed E-state index contributed by atoms with van der Waals surface area (Å²) in [6.45, 7) is 3.49. The predicted octanol–water partition coefficient (Wildman–Crippen LogP) is 1.47. The molecule has 5 nitrogen and oxygen atoms in total. The number of rotatable bonds is 2. The van der Waals surface area contributed by atoms with Gasteiger partial charge >= 0.3 is 0 Å². The van der Waals surface area contributed by atoms with Gasteiger partial charge in [-0.2, -0.15) is 0 Å². The molecule has 102 valence electrons. The van der Waals surface area contributed by atoms with Crippen LogP contribution in [0.4, 0.5) is 0 Å². The van der Waals surface area contributed by atoms with Crippen LogP contribution in [0.5, 0.6) is 0 Å². The number of hydrogen-bond donors (Lipinski definition) is 1. The van der Waals surface area contributed by atoms with Gasteiger partial charge in [-0.25, -0.2) is 4.98 Å². The second-order valence-corrected chi connectivity index (χ2v) is 5.58. The number of carbonyl (C=O) groups excluding carboxylic acids is 1. The molecule has 1 amide bonds. The van der Waals surface area contributed by atoms with E-state index >= 15 is 0 Å². The highest BCUT2D eigenvalue weighted by molar-refractivity contribution is 5.92. The van der Waals surface area contributed by atoms with E-state index in [0.29, 0.717) is 5.69 Å². The number of carbonyl (C=O) groups is 1. The Bertz CT molecular complexity index is 466. The molecule has 1 aliphatic carbocycles. The van der Waals surface area contributed by atoms with Crippen molar-refractivity contribution in [2.75, 3.05) is 13.2 Å². The van der Waals surface area contributed by atoms with Crippen LogP contribution in [0.25, 0.3) is 0 Å². The zero-order valence-electron chi connectivity index (χ0n) is 11.2. The Kier molecular flexibility index (Phi) is 3.22. The summed E-state index contributed by atoms with van der Waals surface area (Å²) in [4.78, 5) is 20.4. The number of nitrogens with zero attached hydrogens (tertiary/aromatic N) is 2. The molecule has 1 aliphatic heterocycles. The lowest BCUT2D eigenvalue weighted by Crippen LogP contribution is -2.57. The van der Waals surface area contributed by atoms with Crippen LogP contribution in [0.15, 0.2) is 12.4 Å². The summed E-state index contributed by atoms with van der Waals surface area (Å²) < 4.78 is 5.42.